The summed E-state index contributed by atoms with van der Waals surface area (Å²) in [5, 5.41) is -0.830. The van der Waals surface area contributed by atoms with Crippen LogP contribution < -0.4 is 0 Å². The summed E-state index contributed by atoms with van der Waals surface area (Å²) in [5.74, 6) is -0.751. The van der Waals surface area contributed by atoms with E-state index in [9.17, 15) is 9.59 Å². The van der Waals surface area contributed by atoms with Gasteiger partial charge in [-0.25, -0.2) is 0 Å². The first kappa shape index (κ1) is 13.2. The second-order valence-corrected chi connectivity index (χ2v) is 4.47. The number of halogens is 2. The molecular weight excluding hydrogens is 247 g/mol. The van der Waals surface area contributed by atoms with Gasteiger partial charge in [0.15, 0.2) is 0 Å². The highest BCUT2D eigenvalue weighted by molar-refractivity contribution is 6.65. The topological polar surface area (TPSA) is 34.1 Å². The third-order valence-corrected chi connectivity index (χ3v) is 3.25. The van der Waals surface area contributed by atoms with Crippen LogP contribution in [0.5, 0.6) is 0 Å². The molecule has 0 amide bonds. The fraction of sp³-hybridized carbons (Fsp3) is 0.333. The van der Waals surface area contributed by atoms with E-state index in [4.69, 9.17) is 23.2 Å². The van der Waals surface area contributed by atoms with Gasteiger partial charge in [-0.1, -0.05) is 38.1 Å². The standard InChI is InChI=1S/C12H12Cl2O2/c1-7(11(13)15)9-4-3-5-10(6-9)8(2)12(14)16/h3-8H,1-2H3. The highest BCUT2D eigenvalue weighted by atomic mass is 35.5. The van der Waals surface area contributed by atoms with Crippen LogP contribution in [0.25, 0.3) is 0 Å². The van der Waals surface area contributed by atoms with Crippen molar-refractivity contribution < 1.29 is 9.59 Å². The van der Waals surface area contributed by atoms with Crippen LogP contribution in [-0.2, 0) is 9.59 Å². The maximum absolute atomic E-state index is 11.0. The predicted octanol–water partition coefficient (Wildman–Crippen LogP) is 3.42. The first-order chi connectivity index (χ1) is 7.43. The SMILES string of the molecule is CC(C(=O)Cl)c1cccc(C(C)C(=O)Cl)c1. The molecule has 0 aliphatic rings. The Balaban J connectivity index is 3.04. The molecule has 0 radical (unpaired) electrons. The molecule has 0 aromatic heterocycles. The van der Waals surface area contributed by atoms with E-state index >= 15 is 0 Å². The zero-order valence-electron chi connectivity index (χ0n) is 9.04. The largest absolute Gasteiger partial charge is 0.281 e. The van der Waals surface area contributed by atoms with E-state index in [-0.39, 0.29) is 11.8 Å². The van der Waals surface area contributed by atoms with Gasteiger partial charge in [0.2, 0.25) is 10.5 Å². The third-order valence-electron chi connectivity index (χ3n) is 2.59. The average Bonchev–Trinajstić information content (AvgIpc) is 2.26. The van der Waals surface area contributed by atoms with Crippen LogP contribution >= 0.6 is 23.2 Å². The maximum atomic E-state index is 11.0. The first-order valence-corrected chi connectivity index (χ1v) is 5.67. The minimum absolute atomic E-state index is 0.376. The Morgan fingerprint density at radius 1 is 1.00 bits per heavy atom. The minimum atomic E-state index is -0.415. The molecule has 0 spiro atoms. The summed E-state index contributed by atoms with van der Waals surface area (Å²) in [4.78, 5) is 22.1. The fourth-order valence-corrected chi connectivity index (χ4v) is 1.61. The Kier molecular flexibility index (Phi) is 4.51. The first-order valence-electron chi connectivity index (χ1n) is 4.92. The molecular formula is C12H12Cl2O2. The second-order valence-electron chi connectivity index (χ2n) is 3.72. The molecule has 1 aromatic rings. The number of carbonyl (C=O) groups excluding carboxylic acids is 2. The minimum Gasteiger partial charge on any atom is -0.281 e. The van der Waals surface area contributed by atoms with Crippen molar-refractivity contribution in [1.82, 2.24) is 0 Å². The summed E-state index contributed by atoms with van der Waals surface area (Å²) in [7, 11) is 0. The Morgan fingerprint density at radius 3 is 1.69 bits per heavy atom. The van der Waals surface area contributed by atoms with Crippen molar-refractivity contribution in [3.8, 4) is 0 Å². The summed E-state index contributed by atoms with van der Waals surface area (Å²) in [5.41, 5.74) is 1.59. The van der Waals surface area contributed by atoms with E-state index in [0.717, 1.165) is 11.1 Å². The van der Waals surface area contributed by atoms with Gasteiger partial charge in [-0.15, -0.1) is 0 Å². The van der Waals surface area contributed by atoms with Crippen LogP contribution in [-0.4, -0.2) is 10.5 Å². The lowest BCUT2D eigenvalue weighted by Gasteiger charge is -2.11. The Morgan fingerprint density at radius 2 is 1.38 bits per heavy atom. The van der Waals surface area contributed by atoms with E-state index in [0.29, 0.717) is 0 Å². The van der Waals surface area contributed by atoms with Gasteiger partial charge < -0.3 is 0 Å². The zero-order valence-corrected chi connectivity index (χ0v) is 10.5. The number of hydrogen-bond acceptors (Lipinski definition) is 2. The van der Waals surface area contributed by atoms with Gasteiger partial charge in [0.1, 0.15) is 0 Å². The van der Waals surface area contributed by atoms with Gasteiger partial charge in [0.05, 0.1) is 11.8 Å². The van der Waals surface area contributed by atoms with E-state index in [1.54, 1.807) is 38.1 Å². The van der Waals surface area contributed by atoms with Crippen LogP contribution in [0, 0.1) is 0 Å². The molecule has 2 unspecified atom stereocenters. The van der Waals surface area contributed by atoms with Gasteiger partial charge in [0.25, 0.3) is 0 Å². The number of rotatable bonds is 4. The lowest BCUT2D eigenvalue weighted by molar-refractivity contribution is -0.113. The molecule has 0 heterocycles. The normalized spacial score (nSPS) is 14.2. The molecule has 0 saturated carbocycles. The molecule has 0 N–H and O–H groups in total. The summed E-state index contributed by atoms with van der Waals surface area (Å²) >= 11 is 10.9. The molecule has 86 valence electrons. The van der Waals surface area contributed by atoms with Crippen molar-refractivity contribution in [3.05, 3.63) is 35.4 Å². The van der Waals surface area contributed by atoms with Crippen molar-refractivity contribution in [2.24, 2.45) is 0 Å². The summed E-state index contributed by atoms with van der Waals surface area (Å²) in [6.45, 7) is 3.45. The van der Waals surface area contributed by atoms with Crippen LogP contribution in [0.1, 0.15) is 36.8 Å². The lowest BCUT2D eigenvalue weighted by atomic mass is 9.95. The Bertz CT molecular complexity index is 380. The van der Waals surface area contributed by atoms with E-state index < -0.39 is 10.5 Å². The number of benzene rings is 1. The van der Waals surface area contributed by atoms with Gasteiger partial charge in [-0.3, -0.25) is 9.59 Å². The molecule has 2 atom stereocenters. The molecule has 0 aliphatic carbocycles. The molecule has 0 saturated heterocycles. The molecule has 0 aliphatic heterocycles. The maximum Gasteiger partial charge on any atom is 0.228 e. The van der Waals surface area contributed by atoms with E-state index in [2.05, 4.69) is 0 Å². The van der Waals surface area contributed by atoms with E-state index in [1.165, 1.54) is 0 Å². The molecule has 16 heavy (non-hydrogen) atoms. The summed E-state index contributed by atoms with van der Waals surface area (Å²) < 4.78 is 0. The Hall–Kier alpha value is -0.860. The average molecular weight is 259 g/mol. The van der Waals surface area contributed by atoms with Crippen LogP contribution in [0.15, 0.2) is 24.3 Å². The molecule has 4 heteroatoms. The van der Waals surface area contributed by atoms with Crippen molar-refractivity contribution >= 4 is 33.7 Å². The summed E-state index contributed by atoms with van der Waals surface area (Å²) in [6, 6.07) is 7.19. The van der Waals surface area contributed by atoms with Crippen LogP contribution in [0.4, 0.5) is 0 Å². The fourth-order valence-electron chi connectivity index (χ4n) is 1.36. The molecule has 0 bridgehead atoms. The molecule has 1 aromatic carbocycles. The van der Waals surface area contributed by atoms with Crippen molar-refractivity contribution in [2.75, 3.05) is 0 Å². The number of carbonyl (C=O) groups is 2. The van der Waals surface area contributed by atoms with Crippen LogP contribution in [0.3, 0.4) is 0 Å². The quantitative estimate of drug-likeness (QED) is 0.776. The van der Waals surface area contributed by atoms with Gasteiger partial charge in [-0.2, -0.15) is 0 Å². The van der Waals surface area contributed by atoms with Crippen LogP contribution in [0.2, 0.25) is 0 Å². The van der Waals surface area contributed by atoms with E-state index in [1.807, 2.05) is 0 Å². The van der Waals surface area contributed by atoms with Gasteiger partial charge >= 0.3 is 0 Å². The van der Waals surface area contributed by atoms with Crippen molar-refractivity contribution in [2.45, 2.75) is 25.7 Å². The summed E-state index contributed by atoms with van der Waals surface area (Å²) in [6.07, 6.45) is 0. The van der Waals surface area contributed by atoms with Gasteiger partial charge in [-0.05, 0) is 34.3 Å². The lowest BCUT2D eigenvalue weighted by Crippen LogP contribution is -2.05. The Labute approximate surface area is 105 Å². The molecule has 2 nitrogen and oxygen atoms in total. The second kappa shape index (κ2) is 5.46. The van der Waals surface area contributed by atoms with Crippen molar-refractivity contribution in [3.63, 3.8) is 0 Å². The highest BCUT2D eigenvalue weighted by Crippen LogP contribution is 2.24. The molecule has 0 fully saturated rings. The monoisotopic (exact) mass is 258 g/mol. The highest BCUT2D eigenvalue weighted by Gasteiger charge is 2.16. The third kappa shape index (κ3) is 3.06. The zero-order chi connectivity index (χ0) is 12.3. The van der Waals surface area contributed by atoms with Crippen molar-refractivity contribution in [1.29, 1.82) is 0 Å². The van der Waals surface area contributed by atoms with Gasteiger partial charge in [0, 0.05) is 0 Å². The number of hydrogen-bond donors (Lipinski definition) is 0. The smallest absolute Gasteiger partial charge is 0.228 e. The predicted molar refractivity (Wildman–Crippen MR) is 65.0 cm³/mol. The molecule has 1 rings (SSSR count).